The molecule has 0 aromatic heterocycles. The van der Waals surface area contributed by atoms with Gasteiger partial charge in [0.15, 0.2) is 12.7 Å². The van der Waals surface area contributed by atoms with E-state index in [2.05, 4.69) is 53.0 Å². The Hall–Kier alpha value is -2.66. The fourth-order valence-electron chi connectivity index (χ4n) is 3.39. The molecule has 0 saturated heterocycles. The molecule has 117 valence electrons. The normalized spacial score (nSPS) is 18.1. The Bertz CT molecular complexity index is 886. The number of nitrogens with one attached hydrogen (secondary N) is 1. The molecule has 2 aliphatic heterocycles. The molecule has 0 saturated carbocycles. The summed E-state index contributed by atoms with van der Waals surface area (Å²) in [4.78, 5) is 3.55. The molecule has 0 bridgehead atoms. The zero-order valence-corrected chi connectivity index (χ0v) is 13.4. The van der Waals surface area contributed by atoms with Gasteiger partial charge in [0.1, 0.15) is 11.7 Å². The quantitative estimate of drug-likeness (QED) is 0.654. The summed E-state index contributed by atoms with van der Waals surface area (Å²) in [6.45, 7) is 2.81. The molecule has 2 N–H and O–H groups in total. The van der Waals surface area contributed by atoms with E-state index < -0.39 is 0 Å². The van der Waals surface area contributed by atoms with Crippen LogP contribution in [-0.2, 0) is 6.54 Å². The third-order valence-electron chi connectivity index (χ3n) is 4.65. The van der Waals surface area contributed by atoms with E-state index in [1.54, 1.807) is 0 Å². The molecule has 0 fully saturated rings. The van der Waals surface area contributed by atoms with E-state index in [4.69, 9.17) is 9.68 Å². The van der Waals surface area contributed by atoms with Crippen LogP contribution in [0.5, 0.6) is 5.75 Å². The van der Waals surface area contributed by atoms with Crippen LogP contribution in [0.1, 0.15) is 24.0 Å². The van der Waals surface area contributed by atoms with Gasteiger partial charge in [-0.3, -0.25) is 0 Å². The highest BCUT2D eigenvalue weighted by molar-refractivity contribution is 6.40. The zero-order valence-electron chi connectivity index (χ0n) is 13.4. The maximum Gasteiger partial charge on any atom is 0.569 e. The summed E-state index contributed by atoms with van der Waals surface area (Å²) in [6.07, 6.45) is 4.36. The minimum Gasteiger partial charge on any atom is -0.537 e. The minimum atomic E-state index is 0.301. The standard InChI is InChI=1S/C19H17BN2O2/c1-13-19-16(15-7-3-4-8-17(15)21-19)10-11-22(13)12-14-6-2-5-9-18(14)24-20-23/h2-11,16,23H,12H2,1H3/q+1/p+1. The lowest BCUT2D eigenvalue weighted by Crippen LogP contribution is -2.67. The highest BCUT2D eigenvalue weighted by Gasteiger charge is 2.40. The molecule has 0 aliphatic carbocycles. The van der Waals surface area contributed by atoms with Crippen molar-refractivity contribution in [1.82, 2.24) is 0 Å². The number of allylic oxidation sites excluding steroid dienone is 1. The van der Waals surface area contributed by atoms with Crippen LogP contribution in [0.3, 0.4) is 0 Å². The van der Waals surface area contributed by atoms with Crippen LogP contribution in [0.25, 0.3) is 0 Å². The maximum atomic E-state index is 8.93. The Labute approximate surface area is 141 Å². The van der Waals surface area contributed by atoms with E-state index in [9.17, 15) is 0 Å². The van der Waals surface area contributed by atoms with E-state index in [1.165, 1.54) is 22.7 Å². The van der Waals surface area contributed by atoms with Crippen LogP contribution in [-0.4, -0.2) is 28.7 Å². The van der Waals surface area contributed by atoms with Gasteiger partial charge in [0.05, 0.1) is 5.56 Å². The van der Waals surface area contributed by atoms with Crippen molar-refractivity contribution in [3.05, 3.63) is 71.9 Å². The number of hydrogen-bond donors (Lipinski definition) is 2. The number of benzene rings is 2. The SMILES string of the molecule is CC1=[N+](Cc2ccccc2O[B]O)C=CC2C1=[NH+]c1ccccc12. The number of hydrogen-bond acceptors (Lipinski definition) is 2. The molecule has 4 rings (SSSR count). The Kier molecular flexibility index (Phi) is 3.79. The first-order valence-corrected chi connectivity index (χ1v) is 8.00. The van der Waals surface area contributed by atoms with Crippen molar-refractivity contribution in [2.45, 2.75) is 19.4 Å². The number of fused-ring (bicyclic) bond motifs is 3. The van der Waals surface area contributed by atoms with Gasteiger partial charge < -0.3 is 9.68 Å². The topological polar surface area (TPSA) is 46.4 Å². The summed E-state index contributed by atoms with van der Waals surface area (Å²) in [7, 11) is 0.724. The molecule has 2 aromatic rings. The summed E-state index contributed by atoms with van der Waals surface area (Å²) in [6, 6.07) is 16.2. The van der Waals surface area contributed by atoms with Gasteiger partial charge in [-0.05, 0) is 18.2 Å². The smallest absolute Gasteiger partial charge is 0.537 e. The average molecular weight is 317 g/mol. The highest BCUT2D eigenvalue weighted by atomic mass is 16.5. The van der Waals surface area contributed by atoms with Gasteiger partial charge in [0, 0.05) is 18.6 Å². The van der Waals surface area contributed by atoms with E-state index >= 15 is 0 Å². The van der Waals surface area contributed by atoms with Gasteiger partial charge in [-0.25, -0.2) is 4.99 Å². The van der Waals surface area contributed by atoms with Crippen LogP contribution in [0, 0.1) is 0 Å². The molecule has 2 aromatic carbocycles. The largest absolute Gasteiger partial charge is 0.569 e. The van der Waals surface area contributed by atoms with Crippen LogP contribution in [0.4, 0.5) is 5.69 Å². The third-order valence-corrected chi connectivity index (χ3v) is 4.65. The number of nitrogens with zero attached hydrogens (tertiary/aromatic N) is 1. The summed E-state index contributed by atoms with van der Waals surface area (Å²) in [5.74, 6) is 0.964. The van der Waals surface area contributed by atoms with Crippen LogP contribution < -0.4 is 9.65 Å². The fourth-order valence-corrected chi connectivity index (χ4v) is 3.39. The van der Waals surface area contributed by atoms with E-state index in [0.29, 0.717) is 18.2 Å². The van der Waals surface area contributed by atoms with Crippen molar-refractivity contribution in [3.8, 4) is 5.75 Å². The summed E-state index contributed by atoms with van der Waals surface area (Å²) < 4.78 is 7.40. The van der Waals surface area contributed by atoms with Crippen molar-refractivity contribution in [1.29, 1.82) is 0 Å². The first-order chi connectivity index (χ1) is 11.8. The highest BCUT2D eigenvalue weighted by Crippen LogP contribution is 2.29. The molecule has 2 heterocycles. The van der Waals surface area contributed by atoms with Crippen LogP contribution >= 0.6 is 0 Å². The van der Waals surface area contributed by atoms with E-state index in [-0.39, 0.29) is 0 Å². The Morgan fingerprint density at radius 1 is 1.17 bits per heavy atom. The second kappa shape index (κ2) is 6.09. The van der Waals surface area contributed by atoms with Crippen molar-refractivity contribution >= 4 is 24.8 Å². The Morgan fingerprint density at radius 2 is 1.96 bits per heavy atom. The van der Waals surface area contributed by atoms with E-state index in [1.807, 2.05) is 24.3 Å². The van der Waals surface area contributed by atoms with Crippen LogP contribution in [0.2, 0.25) is 0 Å². The predicted octanol–water partition coefficient (Wildman–Crippen LogP) is 1.04. The van der Waals surface area contributed by atoms with Gasteiger partial charge in [-0.1, -0.05) is 30.3 Å². The first-order valence-electron chi connectivity index (χ1n) is 8.00. The van der Waals surface area contributed by atoms with Gasteiger partial charge in [0.25, 0.3) is 5.71 Å². The monoisotopic (exact) mass is 317 g/mol. The zero-order chi connectivity index (χ0) is 16.5. The van der Waals surface area contributed by atoms with Gasteiger partial charge >= 0.3 is 7.69 Å². The van der Waals surface area contributed by atoms with Crippen molar-refractivity contribution in [2.75, 3.05) is 0 Å². The lowest BCUT2D eigenvalue weighted by atomic mass is 9.92. The first kappa shape index (κ1) is 14.9. The number of para-hydroxylation sites is 2. The van der Waals surface area contributed by atoms with Crippen molar-refractivity contribution in [2.24, 2.45) is 0 Å². The summed E-state index contributed by atoms with van der Waals surface area (Å²) in [5, 5.41) is 8.93. The van der Waals surface area contributed by atoms with Crippen molar-refractivity contribution in [3.63, 3.8) is 0 Å². The molecule has 0 amide bonds. The predicted molar refractivity (Wildman–Crippen MR) is 93.6 cm³/mol. The molecule has 4 nitrogen and oxygen atoms in total. The van der Waals surface area contributed by atoms with Crippen molar-refractivity contribution < 1.29 is 19.2 Å². The maximum absolute atomic E-state index is 8.93. The number of rotatable bonds is 4. The molecule has 1 radical (unpaired) electrons. The van der Waals surface area contributed by atoms with E-state index in [0.717, 1.165) is 13.2 Å². The Balaban J connectivity index is 1.67. The minimum absolute atomic E-state index is 0.301. The fraction of sp³-hybridized carbons (Fsp3) is 0.158. The molecule has 1 unspecified atom stereocenters. The lowest BCUT2D eigenvalue weighted by molar-refractivity contribution is -0.476. The van der Waals surface area contributed by atoms with Gasteiger partial charge in [-0.15, -0.1) is 0 Å². The lowest BCUT2D eigenvalue weighted by Gasteiger charge is -2.12. The second-order valence-corrected chi connectivity index (χ2v) is 5.99. The summed E-state index contributed by atoms with van der Waals surface area (Å²) in [5.41, 5.74) is 5.94. The molecule has 24 heavy (non-hydrogen) atoms. The molecular formula is C19H18BN2O2+2. The molecule has 0 spiro atoms. The van der Waals surface area contributed by atoms with Gasteiger partial charge in [-0.2, -0.15) is 4.58 Å². The van der Waals surface area contributed by atoms with Crippen LogP contribution in [0.15, 0.2) is 60.8 Å². The molecule has 5 heteroatoms. The third kappa shape index (κ3) is 2.47. The molecule has 1 atom stereocenters. The molecule has 2 aliphatic rings. The Morgan fingerprint density at radius 3 is 2.83 bits per heavy atom. The summed E-state index contributed by atoms with van der Waals surface area (Å²) >= 11 is 0. The average Bonchev–Trinajstić information content (AvgIpc) is 2.99. The second-order valence-electron chi connectivity index (χ2n) is 5.99. The molecular weight excluding hydrogens is 299 g/mol. The van der Waals surface area contributed by atoms with Gasteiger partial charge in [0.2, 0.25) is 11.4 Å².